The van der Waals surface area contributed by atoms with Crippen LogP contribution in [0.1, 0.15) is 20.7 Å². The fourth-order valence-corrected chi connectivity index (χ4v) is 2.33. The first-order valence-electron chi connectivity index (χ1n) is 5.77. The molecule has 0 amide bonds. The second-order valence-corrected chi connectivity index (χ2v) is 4.45. The summed E-state index contributed by atoms with van der Waals surface area (Å²) in [6.45, 7) is 0. The first-order valence-corrected chi connectivity index (χ1v) is 5.77. The van der Waals surface area contributed by atoms with Gasteiger partial charge in [0.05, 0.1) is 11.1 Å². The fourth-order valence-electron chi connectivity index (χ4n) is 2.33. The van der Waals surface area contributed by atoms with E-state index in [4.69, 9.17) is 4.42 Å². The monoisotopic (exact) mass is 288 g/mol. The Labute approximate surface area is 116 Å². The number of aromatic carboxylic acids is 2. The molecule has 0 saturated carbocycles. The molecule has 0 aliphatic carbocycles. The van der Waals surface area contributed by atoms with Crippen molar-refractivity contribution in [3.8, 4) is 11.5 Å². The Morgan fingerprint density at radius 2 is 1.14 bits per heavy atom. The van der Waals surface area contributed by atoms with Crippen molar-refractivity contribution in [2.24, 2.45) is 0 Å². The number of benzene rings is 2. The number of hydrogen-bond acceptors (Lipinski definition) is 5. The maximum Gasteiger partial charge on any atom is 0.336 e. The third-order valence-electron chi connectivity index (χ3n) is 3.10. The Bertz CT molecular complexity index is 846. The standard InChI is InChI=1S/C14H8O7/c15-5-1-7(13(17)18)11-9(3-5)21-10-4-6(16)2-8(12(10)11)14(19)20/h1-4,15-16H,(H,17,18)(H,19,20). The Balaban J connectivity index is 2.62. The Kier molecular flexibility index (Phi) is 2.52. The summed E-state index contributed by atoms with van der Waals surface area (Å²) in [5.41, 5.74) is -0.514. The van der Waals surface area contributed by atoms with Crippen molar-refractivity contribution < 1.29 is 34.4 Å². The molecular weight excluding hydrogens is 280 g/mol. The van der Waals surface area contributed by atoms with Crippen LogP contribution >= 0.6 is 0 Å². The number of phenolic OH excluding ortho intramolecular Hbond substituents is 2. The molecule has 1 heterocycles. The third-order valence-corrected chi connectivity index (χ3v) is 3.10. The van der Waals surface area contributed by atoms with Crippen molar-refractivity contribution in [3.05, 3.63) is 35.4 Å². The van der Waals surface area contributed by atoms with Gasteiger partial charge in [-0.05, 0) is 12.1 Å². The van der Waals surface area contributed by atoms with Crippen LogP contribution in [0.2, 0.25) is 0 Å². The average Bonchev–Trinajstić information content (AvgIpc) is 2.73. The highest BCUT2D eigenvalue weighted by molar-refractivity contribution is 6.20. The Hall–Kier alpha value is -3.22. The molecule has 7 heteroatoms. The number of hydrogen-bond donors (Lipinski definition) is 4. The molecule has 3 aromatic rings. The van der Waals surface area contributed by atoms with Crippen LogP contribution in [0.4, 0.5) is 0 Å². The van der Waals surface area contributed by atoms with Crippen LogP contribution in [0.25, 0.3) is 21.9 Å². The maximum atomic E-state index is 11.3. The van der Waals surface area contributed by atoms with Gasteiger partial charge in [0.25, 0.3) is 0 Å². The largest absolute Gasteiger partial charge is 0.508 e. The fraction of sp³-hybridized carbons (Fsp3) is 0. The molecule has 3 rings (SSSR count). The summed E-state index contributed by atoms with van der Waals surface area (Å²) in [6, 6.07) is 4.39. The highest BCUT2D eigenvalue weighted by Crippen LogP contribution is 2.38. The molecule has 0 radical (unpaired) electrons. The van der Waals surface area contributed by atoms with Crippen molar-refractivity contribution in [2.75, 3.05) is 0 Å². The van der Waals surface area contributed by atoms with Gasteiger partial charge in [0.2, 0.25) is 0 Å². The summed E-state index contributed by atoms with van der Waals surface area (Å²) >= 11 is 0. The predicted molar refractivity (Wildman–Crippen MR) is 71.0 cm³/mol. The number of phenols is 2. The van der Waals surface area contributed by atoms with Crippen molar-refractivity contribution in [1.82, 2.24) is 0 Å². The van der Waals surface area contributed by atoms with Crippen molar-refractivity contribution in [3.63, 3.8) is 0 Å². The van der Waals surface area contributed by atoms with Gasteiger partial charge in [-0.15, -0.1) is 0 Å². The summed E-state index contributed by atoms with van der Waals surface area (Å²) in [5.74, 6) is -3.30. The molecule has 106 valence electrons. The zero-order valence-corrected chi connectivity index (χ0v) is 10.3. The van der Waals surface area contributed by atoms with Crippen molar-refractivity contribution in [1.29, 1.82) is 0 Å². The molecule has 4 N–H and O–H groups in total. The normalized spacial score (nSPS) is 11.0. The molecule has 21 heavy (non-hydrogen) atoms. The van der Waals surface area contributed by atoms with E-state index in [9.17, 15) is 30.0 Å². The van der Waals surface area contributed by atoms with Gasteiger partial charge in [-0.3, -0.25) is 0 Å². The molecular formula is C14H8O7. The predicted octanol–water partition coefficient (Wildman–Crippen LogP) is 2.39. The zero-order valence-electron chi connectivity index (χ0n) is 10.3. The number of carbonyl (C=O) groups is 2. The molecule has 0 bridgehead atoms. The van der Waals surface area contributed by atoms with Crippen LogP contribution in [0.3, 0.4) is 0 Å². The SMILES string of the molecule is O=C(O)c1cc(O)cc2oc3cc(O)cc(C(=O)O)c3c12. The lowest BCUT2D eigenvalue weighted by Crippen LogP contribution is -2.00. The van der Waals surface area contributed by atoms with Crippen molar-refractivity contribution in [2.45, 2.75) is 0 Å². The lowest BCUT2D eigenvalue weighted by molar-refractivity contribution is 0.0686. The minimum atomic E-state index is -1.33. The first kappa shape index (κ1) is 12.8. The lowest BCUT2D eigenvalue weighted by Gasteiger charge is -2.02. The molecule has 2 aromatic carbocycles. The molecule has 1 aromatic heterocycles. The highest BCUT2D eigenvalue weighted by Gasteiger charge is 2.22. The van der Waals surface area contributed by atoms with E-state index in [2.05, 4.69) is 0 Å². The topological polar surface area (TPSA) is 128 Å². The van der Waals surface area contributed by atoms with Gasteiger partial charge < -0.3 is 24.8 Å². The number of furan rings is 1. The lowest BCUT2D eigenvalue weighted by atomic mass is 10.0. The van der Waals surface area contributed by atoms with Crippen molar-refractivity contribution >= 4 is 33.9 Å². The number of aromatic hydroxyl groups is 2. The summed E-state index contributed by atoms with van der Waals surface area (Å²) in [6.07, 6.45) is 0. The van der Waals surface area contributed by atoms with E-state index in [1.54, 1.807) is 0 Å². The van der Waals surface area contributed by atoms with Crippen LogP contribution < -0.4 is 0 Å². The molecule has 0 aliphatic rings. The number of fused-ring (bicyclic) bond motifs is 3. The third kappa shape index (κ3) is 1.83. The molecule has 0 fully saturated rings. The minimum absolute atomic E-state index is 0.0236. The van der Waals surface area contributed by atoms with Crippen LogP contribution in [0.15, 0.2) is 28.7 Å². The van der Waals surface area contributed by atoms with E-state index in [1.807, 2.05) is 0 Å². The van der Waals surface area contributed by atoms with Crippen LogP contribution in [-0.2, 0) is 0 Å². The molecule has 0 unspecified atom stereocenters. The summed E-state index contributed by atoms with van der Waals surface area (Å²) < 4.78 is 5.35. The van der Waals surface area contributed by atoms with Crippen LogP contribution in [0, 0.1) is 0 Å². The van der Waals surface area contributed by atoms with Crippen LogP contribution in [0.5, 0.6) is 11.5 Å². The Morgan fingerprint density at radius 3 is 1.48 bits per heavy atom. The second-order valence-electron chi connectivity index (χ2n) is 4.45. The Morgan fingerprint density at radius 1 is 0.762 bits per heavy atom. The highest BCUT2D eigenvalue weighted by atomic mass is 16.4. The van der Waals surface area contributed by atoms with Crippen LogP contribution in [-0.4, -0.2) is 32.4 Å². The van der Waals surface area contributed by atoms with E-state index < -0.39 is 11.9 Å². The van der Waals surface area contributed by atoms with Gasteiger partial charge in [-0.1, -0.05) is 0 Å². The summed E-state index contributed by atoms with van der Waals surface area (Å²) in [7, 11) is 0. The van der Waals surface area contributed by atoms with E-state index >= 15 is 0 Å². The zero-order chi connectivity index (χ0) is 15.3. The van der Waals surface area contributed by atoms with Gasteiger partial charge in [-0.2, -0.15) is 0 Å². The van der Waals surface area contributed by atoms with E-state index in [0.717, 1.165) is 12.1 Å². The quantitative estimate of drug-likeness (QED) is 0.569. The minimum Gasteiger partial charge on any atom is -0.508 e. The maximum absolute atomic E-state index is 11.3. The van der Waals surface area contributed by atoms with Gasteiger partial charge in [0.1, 0.15) is 22.7 Å². The number of carboxylic acid groups (broad SMARTS) is 2. The van der Waals surface area contributed by atoms with Gasteiger partial charge in [0.15, 0.2) is 0 Å². The van der Waals surface area contributed by atoms with E-state index in [0.29, 0.717) is 0 Å². The molecule has 0 atom stereocenters. The number of rotatable bonds is 2. The molecule has 7 nitrogen and oxygen atoms in total. The summed E-state index contributed by atoms with van der Waals surface area (Å²) in [5, 5.41) is 37.6. The molecule has 0 spiro atoms. The smallest absolute Gasteiger partial charge is 0.336 e. The second kappa shape index (κ2) is 4.14. The van der Waals surface area contributed by atoms with Gasteiger partial charge in [-0.25, -0.2) is 9.59 Å². The molecule has 0 aliphatic heterocycles. The molecule has 0 saturated heterocycles. The summed E-state index contributed by atoms with van der Waals surface area (Å²) in [4.78, 5) is 22.6. The first-order chi connectivity index (χ1) is 9.88. The van der Waals surface area contributed by atoms with Gasteiger partial charge >= 0.3 is 11.9 Å². The average molecular weight is 288 g/mol. The number of carboxylic acids is 2. The van der Waals surface area contributed by atoms with E-state index in [1.165, 1.54) is 12.1 Å². The van der Waals surface area contributed by atoms with Gasteiger partial charge in [0, 0.05) is 22.9 Å². The van der Waals surface area contributed by atoms with E-state index in [-0.39, 0.29) is 44.6 Å².